The van der Waals surface area contributed by atoms with Gasteiger partial charge in [0.1, 0.15) is 0 Å². The zero-order valence-corrected chi connectivity index (χ0v) is 8.56. The van der Waals surface area contributed by atoms with Crippen molar-refractivity contribution in [1.29, 1.82) is 0 Å². The normalized spacial score (nSPS) is 26.9. The van der Waals surface area contributed by atoms with Crippen LogP contribution in [0, 0.1) is 0 Å². The second-order valence-corrected chi connectivity index (χ2v) is 4.41. The van der Waals surface area contributed by atoms with Crippen LogP contribution in [0.4, 0.5) is 0 Å². The standard InChI is InChI=1S/C11H14ClN/c1-11(6-7-13-11)8-9-4-2-3-5-10(9)12/h2-5,13H,6-8H2,1H3. The van der Waals surface area contributed by atoms with Crippen molar-refractivity contribution >= 4 is 11.6 Å². The van der Waals surface area contributed by atoms with Crippen LogP contribution in [-0.4, -0.2) is 12.1 Å². The van der Waals surface area contributed by atoms with E-state index in [1.54, 1.807) is 0 Å². The molecule has 0 saturated carbocycles. The fourth-order valence-electron chi connectivity index (χ4n) is 1.76. The van der Waals surface area contributed by atoms with Crippen LogP contribution in [0.3, 0.4) is 0 Å². The monoisotopic (exact) mass is 195 g/mol. The average Bonchev–Trinajstić information content (AvgIpc) is 2.06. The van der Waals surface area contributed by atoms with Crippen molar-refractivity contribution in [1.82, 2.24) is 5.32 Å². The van der Waals surface area contributed by atoms with Gasteiger partial charge in [0.05, 0.1) is 0 Å². The summed E-state index contributed by atoms with van der Waals surface area (Å²) in [5.74, 6) is 0. The number of nitrogens with one attached hydrogen (secondary N) is 1. The van der Waals surface area contributed by atoms with Crippen molar-refractivity contribution in [3.63, 3.8) is 0 Å². The van der Waals surface area contributed by atoms with Crippen LogP contribution in [0.5, 0.6) is 0 Å². The average molecular weight is 196 g/mol. The van der Waals surface area contributed by atoms with E-state index < -0.39 is 0 Å². The van der Waals surface area contributed by atoms with E-state index in [4.69, 9.17) is 11.6 Å². The van der Waals surface area contributed by atoms with Gasteiger partial charge in [0, 0.05) is 10.6 Å². The first kappa shape index (κ1) is 9.04. The van der Waals surface area contributed by atoms with Gasteiger partial charge in [-0.05, 0) is 37.9 Å². The molecule has 0 aliphatic carbocycles. The van der Waals surface area contributed by atoms with Gasteiger partial charge >= 0.3 is 0 Å². The van der Waals surface area contributed by atoms with Gasteiger partial charge in [-0.1, -0.05) is 29.8 Å². The van der Waals surface area contributed by atoms with Crippen molar-refractivity contribution in [3.05, 3.63) is 34.9 Å². The molecular weight excluding hydrogens is 182 g/mol. The summed E-state index contributed by atoms with van der Waals surface area (Å²) in [6.45, 7) is 3.39. The molecule has 1 saturated heterocycles. The molecule has 1 atom stereocenters. The molecule has 1 aromatic carbocycles. The van der Waals surface area contributed by atoms with Crippen LogP contribution in [0.25, 0.3) is 0 Å². The van der Waals surface area contributed by atoms with Gasteiger partial charge in [0.2, 0.25) is 0 Å². The quantitative estimate of drug-likeness (QED) is 0.765. The van der Waals surface area contributed by atoms with E-state index in [-0.39, 0.29) is 5.54 Å². The van der Waals surface area contributed by atoms with Crippen molar-refractivity contribution < 1.29 is 0 Å². The predicted octanol–water partition coefficient (Wildman–Crippen LogP) is 2.63. The molecule has 1 fully saturated rings. The molecule has 1 aliphatic rings. The molecule has 1 unspecified atom stereocenters. The van der Waals surface area contributed by atoms with Crippen LogP contribution in [-0.2, 0) is 6.42 Å². The molecule has 70 valence electrons. The summed E-state index contributed by atoms with van der Waals surface area (Å²) < 4.78 is 0. The minimum Gasteiger partial charge on any atom is -0.311 e. The van der Waals surface area contributed by atoms with Gasteiger partial charge in [-0.15, -0.1) is 0 Å². The highest BCUT2D eigenvalue weighted by molar-refractivity contribution is 6.31. The third kappa shape index (κ3) is 1.87. The Morgan fingerprint density at radius 1 is 1.46 bits per heavy atom. The van der Waals surface area contributed by atoms with Gasteiger partial charge in [-0.3, -0.25) is 0 Å². The van der Waals surface area contributed by atoms with Crippen LogP contribution >= 0.6 is 11.6 Å². The van der Waals surface area contributed by atoms with Crippen LogP contribution in [0.2, 0.25) is 5.02 Å². The molecule has 2 rings (SSSR count). The van der Waals surface area contributed by atoms with E-state index >= 15 is 0 Å². The maximum Gasteiger partial charge on any atom is 0.0438 e. The van der Waals surface area contributed by atoms with E-state index in [0.717, 1.165) is 18.0 Å². The predicted molar refractivity (Wildman–Crippen MR) is 56.2 cm³/mol. The molecule has 0 amide bonds. The second-order valence-electron chi connectivity index (χ2n) is 4.01. The van der Waals surface area contributed by atoms with Crippen LogP contribution in [0.1, 0.15) is 18.9 Å². The third-order valence-electron chi connectivity index (χ3n) is 2.77. The highest BCUT2D eigenvalue weighted by Crippen LogP contribution is 2.26. The summed E-state index contributed by atoms with van der Waals surface area (Å²) in [5, 5.41) is 4.33. The summed E-state index contributed by atoms with van der Waals surface area (Å²) in [5.41, 5.74) is 1.53. The molecule has 0 aromatic heterocycles. The maximum absolute atomic E-state index is 6.08. The largest absolute Gasteiger partial charge is 0.311 e. The Kier molecular flexibility index (Phi) is 2.31. The van der Waals surface area contributed by atoms with E-state index in [9.17, 15) is 0 Å². The minimum atomic E-state index is 0.283. The Morgan fingerprint density at radius 3 is 2.69 bits per heavy atom. The van der Waals surface area contributed by atoms with Crippen molar-refractivity contribution in [2.24, 2.45) is 0 Å². The fourth-order valence-corrected chi connectivity index (χ4v) is 1.97. The maximum atomic E-state index is 6.08. The Balaban J connectivity index is 2.13. The number of rotatable bonds is 2. The Bertz CT molecular complexity index is 305. The molecule has 2 heteroatoms. The van der Waals surface area contributed by atoms with Gasteiger partial charge in [-0.25, -0.2) is 0 Å². The number of hydrogen-bond donors (Lipinski definition) is 1. The third-order valence-corrected chi connectivity index (χ3v) is 3.14. The SMILES string of the molecule is CC1(Cc2ccccc2Cl)CCN1. The zero-order valence-electron chi connectivity index (χ0n) is 7.81. The lowest BCUT2D eigenvalue weighted by atomic mass is 9.84. The highest BCUT2D eigenvalue weighted by Gasteiger charge is 2.31. The smallest absolute Gasteiger partial charge is 0.0438 e. The number of benzene rings is 1. The Hall–Kier alpha value is -0.530. The van der Waals surface area contributed by atoms with E-state index in [2.05, 4.69) is 18.3 Å². The van der Waals surface area contributed by atoms with E-state index in [0.29, 0.717) is 0 Å². The molecule has 1 heterocycles. The van der Waals surface area contributed by atoms with Crippen molar-refractivity contribution in [3.8, 4) is 0 Å². The first-order chi connectivity index (χ1) is 6.20. The van der Waals surface area contributed by atoms with E-state index in [1.807, 2.05) is 18.2 Å². The topological polar surface area (TPSA) is 12.0 Å². The minimum absolute atomic E-state index is 0.283. The molecule has 1 nitrogen and oxygen atoms in total. The van der Waals surface area contributed by atoms with Crippen molar-refractivity contribution in [2.45, 2.75) is 25.3 Å². The summed E-state index contributed by atoms with van der Waals surface area (Å²) in [6.07, 6.45) is 2.28. The number of hydrogen-bond acceptors (Lipinski definition) is 1. The summed E-state index contributed by atoms with van der Waals surface area (Å²) in [7, 11) is 0. The lowest BCUT2D eigenvalue weighted by Gasteiger charge is -2.40. The molecule has 1 aliphatic heterocycles. The molecule has 1 N–H and O–H groups in total. The van der Waals surface area contributed by atoms with Gasteiger partial charge in [0.25, 0.3) is 0 Å². The first-order valence-corrected chi connectivity index (χ1v) is 5.06. The summed E-state index contributed by atoms with van der Waals surface area (Å²) >= 11 is 6.08. The van der Waals surface area contributed by atoms with Gasteiger partial charge in [-0.2, -0.15) is 0 Å². The Morgan fingerprint density at radius 2 is 2.15 bits per heavy atom. The number of halogens is 1. The first-order valence-electron chi connectivity index (χ1n) is 4.68. The molecule has 0 spiro atoms. The van der Waals surface area contributed by atoms with Gasteiger partial charge in [0.15, 0.2) is 0 Å². The van der Waals surface area contributed by atoms with Crippen molar-refractivity contribution in [2.75, 3.05) is 6.54 Å². The lowest BCUT2D eigenvalue weighted by molar-refractivity contribution is 0.231. The summed E-state index contributed by atoms with van der Waals surface area (Å²) in [6, 6.07) is 8.08. The zero-order chi connectivity index (χ0) is 9.31. The van der Waals surface area contributed by atoms with Crippen LogP contribution in [0.15, 0.2) is 24.3 Å². The molecule has 0 bridgehead atoms. The molecule has 13 heavy (non-hydrogen) atoms. The molecule has 0 radical (unpaired) electrons. The van der Waals surface area contributed by atoms with Crippen LogP contribution < -0.4 is 5.32 Å². The highest BCUT2D eigenvalue weighted by atomic mass is 35.5. The van der Waals surface area contributed by atoms with Gasteiger partial charge < -0.3 is 5.32 Å². The summed E-state index contributed by atoms with van der Waals surface area (Å²) in [4.78, 5) is 0. The second kappa shape index (κ2) is 3.32. The molecular formula is C11H14ClN. The van der Waals surface area contributed by atoms with E-state index in [1.165, 1.54) is 12.0 Å². The fraction of sp³-hybridized carbons (Fsp3) is 0.455. The Labute approximate surface area is 84.1 Å². The molecule has 1 aromatic rings. The lowest BCUT2D eigenvalue weighted by Crippen LogP contribution is -2.55.